The minimum atomic E-state index is 0.250. The van der Waals surface area contributed by atoms with Crippen molar-refractivity contribution in [2.75, 3.05) is 0 Å². The number of hydrogen-bond acceptors (Lipinski definition) is 4. The highest BCUT2D eigenvalue weighted by atomic mass is 16.5. The minimum absolute atomic E-state index is 0.250. The van der Waals surface area contributed by atoms with Crippen LogP contribution in [0.3, 0.4) is 0 Å². The fraction of sp³-hybridized carbons (Fsp3) is 0.0769. The molecule has 84 valence electrons. The molecule has 1 heterocycles. The maximum atomic E-state index is 10.4. The third-order valence-electron chi connectivity index (χ3n) is 2.16. The van der Waals surface area contributed by atoms with Gasteiger partial charge >= 0.3 is 0 Å². The van der Waals surface area contributed by atoms with Crippen molar-refractivity contribution in [1.82, 2.24) is 0 Å². The first-order valence-electron chi connectivity index (χ1n) is 4.98. The first kappa shape index (κ1) is 11.0. The molecular weight excluding hydrogens is 218 g/mol. The standard InChI is InChI=1S/C13H9NO3/c14-7-10-1-3-11(4-2-10)16-9-13-6-5-12(8-15)17-13/h1-6,8H,9H2. The Morgan fingerprint density at radius 2 is 2.00 bits per heavy atom. The van der Waals surface area contributed by atoms with Crippen molar-refractivity contribution in [2.45, 2.75) is 6.61 Å². The Labute approximate surface area is 98.0 Å². The molecule has 0 aliphatic heterocycles. The molecule has 0 spiro atoms. The fourth-order valence-electron chi connectivity index (χ4n) is 1.32. The Balaban J connectivity index is 1.97. The molecule has 0 atom stereocenters. The molecule has 0 bridgehead atoms. The molecule has 0 unspecified atom stereocenters. The summed E-state index contributed by atoms with van der Waals surface area (Å²) in [5.41, 5.74) is 0.582. The van der Waals surface area contributed by atoms with Crippen molar-refractivity contribution < 1.29 is 13.9 Å². The largest absolute Gasteiger partial charge is 0.486 e. The molecule has 2 aromatic rings. The molecule has 17 heavy (non-hydrogen) atoms. The molecule has 0 fully saturated rings. The van der Waals surface area contributed by atoms with Crippen LogP contribution in [0, 0.1) is 11.3 Å². The van der Waals surface area contributed by atoms with Gasteiger partial charge in [0.1, 0.15) is 18.1 Å². The molecule has 0 radical (unpaired) electrons. The molecule has 0 aliphatic rings. The Hall–Kier alpha value is -2.54. The molecule has 1 aromatic heterocycles. The van der Waals surface area contributed by atoms with E-state index in [1.807, 2.05) is 6.07 Å². The molecule has 0 saturated heterocycles. The lowest BCUT2D eigenvalue weighted by Crippen LogP contribution is -1.93. The van der Waals surface area contributed by atoms with E-state index in [4.69, 9.17) is 14.4 Å². The molecule has 4 nitrogen and oxygen atoms in total. The van der Waals surface area contributed by atoms with Crippen LogP contribution in [0.4, 0.5) is 0 Å². The lowest BCUT2D eigenvalue weighted by molar-refractivity contribution is 0.109. The highest BCUT2D eigenvalue weighted by Crippen LogP contribution is 2.14. The van der Waals surface area contributed by atoms with E-state index < -0.39 is 0 Å². The van der Waals surface area contributed by atoms with Crippen LogP contribution in [0.15, 0.2) is 40.8 Å². The lowest BCUT2D eigenvalue weighted by atomic mass is 10.2. The van der Waals surface area contributed by atoms with Gasteiger partial charge in [-0.3, -0.25) is 4.79 Å². The van der Waals surface area contributed by atoms with Crippen LogP contribution in [0.5, 0.6) is 5.75 Å². The SMILES string of the molecule is N#Cc1ccc(OCc2ccc(C=O)o2)cc1. The number of rotatable bonds is 4. The number of carbonyl (C=O) groups excluding carboxylic acids is 1. The van der Waals surface area contributed by atoms with E-state index >= 15 is 0 Å². The summed E-state index contributed by atoms with van der Waals surface area (Å²) >= 11 is 0. The third-order valence-corrected chi connectivity index (χ3v) is 2.16. The monoisotopic (exact) mass is 227 g/mol. The average molecular weight is 227 g/mol. The number of nitrogens with zero attached hydrogens (tertiary/aromatic N) is 1. The van der Waals surface area contributed by atoms with Gasteiger partial charge in [-0.25, -0.2) is 0 Å². The second kappa shape index (κ2) is 4.99. The molecule has 1 aromatic carbocycles. The third kappa shape index (κ3) is 2.73. The van der Waals surface area contributed by atoms with E-state index in [9.17, 15) is 4.79 Å². The van der Waals surface area contributed by atoms with Gasteiger partial charge in [-0.15, -0.1) is 0 Å². The predicted molar refractivity (Wildman–Crippen MR) is 59.6 cm³/mol. The van der Waals surface area contributed by atoms with Crippen LogP contribution in [-0.4, -0.2) is 6.29 Å². The van der Waals surface area contributed by atoms with Gasteiger partial charge in [-0.05, 0) is 36.4 Å². The Morgan fingerprint density at radius 1 is 1.24 bits per heavy atom. The van der Waals surface area contributed by atoms with E-state index in [1.165, 1.54) is 0 Å². The van der Waals surface area contributed by atoms with Crippen molar-refractivity contribution in [1.29, 1.82) is 5.26 Å². The number of aldehydes is 1. The van der Waals surface area contributed by atoms with Crippen LogP contribution in [0.2, 0.25) is 0 Å². The zero-order valence-corrected chi connectivity index (χ0v) is 8.92. The molecule has 2 rings (SSSR count). The van der Waals surface area contributed by atoms with Gasteiger partial charge in [0.05, 0.1) is 11.6 Å². The van der Waals surface area contributed by atoms with Gasteiger partial charge in [0, 0.05) is 0 Å². The molecule has 0 aliphatic carbocycles. The van der Waals surface area contributed by atoms with Crippen LogP contribution < -0.4 is 4.74 Å². The number of benzene rings is 1. The summed E-state index contributed by atoms with van der Waals surface area (Å²) in [6, 6.07) is 12.1. The van der Waals surface area contributed by atoms with E-state index in [-0.39, 0.29) is 12.4 Å². The quantitative estimate of drug-likeness (QED) is 0.753. The van der Waals surface area contributed by atoms with Gasteiger partial charge in [-0.2, -0.15) is 5.26 Å². The number of furan rings is 1. The summed E-state index contributed by atoms with van der Waals surface area (Å²) in [7, 11) is 0. The second-order valence-corrected chi connectivity index (χ2v) is 3.35. The average Bonchev–Trinajstić information content (AvgIpc) is 2.85. The minimum Gasteiger partial charge on any atom is -0.486 e. The molecular formula is C13H9NO3. The van der Waals surface area contributed by atoms with Gasteiger partial charge < -0.3 is 9.15 Å². The van der Waals surface area contributed by atoms with Crippen molar-refractivity contribution in [3.63, 3.8) is 0 Å². The lowest BCUT2D eigenvalue weighted by Gasteiger charge is -2.03. The maximum absolute atomic E-state index is 10.4. The second-order valence-electron chi connectivity index (χ2n) is 3.35. The Bertz CT molecular complexity index is 549. The summed E-state index contributed by atoms with van der Waals surface area (Å²) in [6.07, 6.45) is 0.644. The van der Waals surface area contributed by atoms with Crippen molar-refractivity contribution >= 4 is 6.29 Å². The van der Waals surface area contributed by atoms with Gasteiger partial charge in [0.25, 0.3) is 0 Å². The van der Waals surface area contributed by atoms with E-state index in [1.54, 1.807) is 36.4 Å². The molecule has 4 heteroatoms. The molecule has 0 N–H and O–H groups in total. The molecule has 0 amide bonds. The maximum Gasteiger partial charge on any atom is 0.185 e. The normalized spacial score (nSPS) is 9.59. The summed E-state index contributed by atoms with van der Waals surface area (Å²) in [5.74, 6) is 1.51. The van der Waals surface area contributed by atoms with Crippen molar-refractivity contribution in [3.8, 4) is 11.8 Å². The van der Waals surface area contributed by atoms with Crippen LogP contribution in [-0.2, 0) is 6.61 Å². The zero-order valence-electron chi connectivity index (χ0n) is 8.92. The van der Waals surface area contributed by atoms with Gasteiger partial charge in [0.2, 0.25) is 0 Å². The molecule has 0 saturated carbocycles. The first-order valence-corrected chi connectivity index (χ1v) is 4.98. The van der Waals surface area contributed by atoms with Crippen LogP contribution in [0.1, 0.15) is 21.9 Å². The van der Waals surface area contributed by atoms with Crippen LogP contribution in [0.25, 0.3) is 0 Å². The van der Waals surface area contributed by atoms with E-state index in [0.717, 1.165) is 0 Å². The Kier molecular flexibility index (Phi) is 3.22. The Morgan fingerprint density at radius 3 is 2.59 bits per heavy atom. The highest BCUT2D eigenvalue weighted by Gasteiger charge is 2.02. The summed E-state index contributed by atoms with van der Waals surface area (Å²) < 4.78 is 10.6. The first-order chi connectivity index (χ1) is 8.31. The number of ether oxygens (including phenoxy) is 1. The summed E-state index contributed by atoms with van der Waals surface area (Å²) in [6.45, 7) is 0.250. The highest BCUT2D eigenvalue weighted by molar-refractivity contribution is 5.70. The van der Waals surface area contributed by atoms with E-state index in [0.29, 0.717) is 23.4 Å². The number of nitriles is 1. The summed E-state index contributed by atoms with van der Waals surface area (Å²) in [4.78, 5) is 10.4. The van der Waals surface area contributed by atoms with Gasteiger partial charge in [-0.1, -0.05) is 0 Å². The van der Waals surface area contributed by atoms with Crippen molar-refractivity contribution in [2.24, 2.45) is 0 Å². The van der Waals surface area contributed by atoms with Crippen molar-refractivity contribution in [3.05, 3.63) is 53.5 Å². The van der Waals surface area contributed by atoms with Gasteiger partial charge in [0.15, 0.2) is 12.0 Å². The smallest absolute Gasteiger partial charge is 0.185 e. The van der Waals surface area contributed by atoms with Crippen LogP contribution >= 0.6 is 0 Å². The number of carbonyl (C=O) groups is 1. The number of hydrogen-bond donors (Lipinski definition) is 0. The summed E-state index contributed by atoms with van der Waals surface area (Å²) in [5, 5.41) is 8.63. The topological polar surface area (TPSA) is 63.2 Å². The van der Waals surface area contributed by atoms with E-state index in [2.05, 4.69) is 0 Å². The predicted octanol–water partition coefficient (Wildman–Crippen LogP) is 2.54. The zero-order chi connectivity index (χ0) is 12.1. The fourth-order valence-corrected chi connectivity index (χ4v) is 1.32.